The Morgan fingerprint density at radius 2 is 2.05 bits per heavy atom. The Labute approximate surface area is 120 Å². The number of carbonyl (C=O) groups is 1. The van der Waals surface area contributed by atoms with Crippen molar-refractivity contribution in [3.05, 3.63) is 29.6 Å². The third-order valence-electron chi connectivity index (χ3n) is 3.60. The van der Waals surface area contributed by atoms with Crippen LogP contribution in [0.2, 0.25) is 0 Å². The van der Waals surface area contributed by atoms with Gasteiger partial charge in [-0.3, -0.25) is 4.98 Å². The van der Waals surface area contributed by atoms with E-state index < -0.39 is 6.10 Å². The number of urea groups is 1. The van der Waals surface area contributed by atoms with Gasteiger partial charge in [0.2, 0.25) is 0 Å². The zero-order valence-electron chi connectivity index (χ0n) is 12.5. The monoisotopic (exact) mass is 279 g/mol. The van der Waals surface area contributed by atoms with Crippen LogP contribution in [-0.2, 0) is 6.54 Å². The molecule has 0 bridgehead atoms. The third kappa shape index (κ3) is 5.17. The number of hydrogen-bond donors (Lipinski definition) is 3. The van der Waals surface area contributed by atoms with Crippen LogP contribution in [0.3, 0.4) is 0 Å². The maximum atomic E-state index is 11.7. The Morgan fingerprint density at radius 3 is 2.65 bits per heavy atom. The van der Waals surface area contributed by atoms with Crippen LogP contribution in [0.15, 0.2) is 18.3 Å². The van der Waals surface area contributed by atoms with Crippen molar-refractivity contribution >= 4 is 6.03 Å². The lowest BCUT2D eigenvalue weighted by atomic mass is 9.97. The van der Waals surface area contributed by atoms with Crippen LogP contribution in [0.1, 0.15) is 37.9 Å². The Kier molecular flexibility index (Phi) is 7.01. The fourth-order valence-corrected chi connectivity index (χ4v) is 2.13. The molecule has 1 rings (SSSR count). The van der Waals surface area contributed by atoms with Crippen LogP contribution in [-0.4, -0.2) is 28.8 Å². The SMILES string of the molecule is CCC(CC)C(O)CNC(=O)NCc1ncccc1C. The van der Waals surface area contributed by atoms with Gasteiger partial charge in [-0.25, -0.2) is 4.79 Å². The van der Waals surface area contributed by atoms with Gasteiger partial charge in [0.25, 0.3) is 0 Å². The summed E-state index contributed by atoms with van der Waals surface area (Å²) in [6.07, 6.45) is 3.04. The molecule has 0 aliphatic heterocycles. The quantitative estimate of drug-likeness (QED) is 0.714. The van der Waals surface area contributed by atoms with Gasteiger partial charge in [-0.15, -0.1) is 0 Å². The molecule has 0 radical (unpaired) electrons. The fraction of sp³-hybridized carbons (Fsp3) is 0.600. The Morgan fingerprint density at radius 1 is 1.35 bits per heavy atom. The van der Waals surface area contributed by atoms with Crippen molar-refractivity contribution in [3.8, 4) is 0 Å². The second kappa shape index (κ2) is 8.53. The van der Waals surface area contributed by atoms with Gasteiger partial charge in [0.1, 0.15) is 0 Å². The van der Waals surface area contributed by atoms with E-state index in [1.807, 2.05) is 32.9 Å². The largest absolute Gasteiger partial charge is 0.391 e. The number of nitrogens with zero attached hydrogens (tertiary/aromatic N) is 1. The lowest BCUT2D eigenvalue weighted by Gasteiger charge is -2.20. The van der Waals surface area contributed by atoms with Crippen molar-refractivity contribution < 1.29 is 9.90 Å². The van der Waals surface area contributed by atoms with Crippen molar-refractivity contribution in [1.29, 1.82) is 0 Å². The number of rotatable bonds is 7. The first-order valence-electron chi connectivity index (χ1n) is 7.18. The Hall–Kier alpha value is -1.62. The van der Waals surface area contributed by atoms with E-state index in [1.165, 1.54) is 0 Å². The number of aliphatic hydroxyl groups excluding tert-OH is 1. The molecular formula is C15H25N3O2. The number of aliphatic hydroxyl groups is 1. The lowest BCUT2D eigenvalue weighted by molar-refractivity contribution is 0.103. The highest BCUT2D eigenvalue weighted by atomic mass is 16.3. The average Bonchev–Trinajstić information content (AvgIpc) is 2.45. The summed E-state index contributed by atoms with van der Waals surface area (Å²) in [7, 11) is 0. The number of carbonyl (C=O) groups excluding carboxylic acids is 1. The summed E-state index contributed by atoms with van der Waals surface area (Å²) in [6.45, 7) is 6.71. The molecule has 2 amide bonds. The fourth-order valence-electron chi connectivity index (χ4n) is 2.13. The van der Waals surface area contributed by atoms with Gasteiger partial charge < -0.3 is 15.7 Å². The van der Waals surface area contributed by atoms with Gasteiger partial charge in [-0.1, -0.05) is 32.8 Å². The van der Waals surface area contributed by atoms with E-state index in [-0.39, 0.29) is 18.5 Å². The summed E-state index contributed by atoms with van der Waals surface area (Å²) in [5.41, 5.74) is 1.90. The minimum Gasteiger partial charge on any atom is -0.391 e. The predicted octanol–water partition coefficient (Wildman–Crippen LogP) is 1.99. The molecule has 0 aliphatic carbocycles. The first-order valence-corrected chi connectivity index (χ1v) is 7.18. The van der Waals surface area contributed by atoms with Crippen LogP contribution in [0.5, 0.6) is 0 Å². The minimum absolute atomic E-state index is 0.230. The summed E-state index contributed by atoms with van der Waals surface area (Å²) in [6, 6.07) is 3.55. The van der Waals surface area contributed by atoms with E-state index in [2.05, 4.69) is 15.6 Å². The zero-order chi connectivity index (χ0) is 15.0. The average molecular weight is 279 g/mol. The third-order valence-corrected chi connectivity index (χ3v) is 3.60. The first-order chi connectivity index (χ1) is 9.58. The predicted molar refractivity (Wildman–Crippen MR) is 79.3 cm³/mol. The smallest absolute Gasteiger partial charge is 0.315 e. The number of hydrogen-bond acceptors (Lipinski definition) is 3. The van der Waals surface area contributed by atoms with E-state index in [4.69, 9.17) is 0 Å². The van der Waals surface area contributed by atoms with Crippen LogP contribution < -0.4 is 10.6 Å². The van der Waals surface area contributed by atoms with E-state index in [1.54, 1.807) is 6.20 Å². The minimum atomic E-state index is -0.493. The molecule has 20 heavy (non-hydrogen) atoms. The van der Waals surface area contributed by atoms with E-state index in [0.717, 1.165) is 24.1 Å². The molecule has 0 fully saturated rings. The Bertz CT molecular complexity index is 419. The highest BCUT2D eigenvalue weighted by Crippen LogP contribution is 2.12. The Balaban J connectivity index is 2.32. The second-order valence-corrected chi connectivity index (χ2v) is 4.97. The van der Waals surface area contributed by atoms with Gasteiger partial charge in [0.05, 0.1) is 18.3 Å². The molecule has 112 valence electrons. The van der Waals surface area contributed by atoms with Crippen molar-refractivity contribution in [2.75, 3.05) is 6.54 Å². The zero-order valence-corrected chi connectivity index (χ0v) is 12.5. The number of aryl methyl sites for hydroxylation is 1. The standard InChI is InChI=1S/C15H25N3O2/c1-4-12(5-2)14(19)10-18-15(20)17-9-13-11(3)7-6-8-16-13/h6-8,12,14,19H,4-5,9-10H2,1-3H3,(H2,17,18,20). The lowest BCUT2D eigenvalue weighted by Crippen LogP contribution is -2.41. The maximum absolute atomic E-state index is 11.7. The van der Waals surface area contributed by atoms with Crippen molar-refractivity contribution in [2.45, 2.75) is 46.3 Å². The van der Waals surface area contributed by atoms with Gasteiger partial charge >= 0.3 is 6.03 Å². The topological polar surface area (TPSA) is 74.2 Å². The van der Waals surface area contributed by atoms with Crippen LogP contribution >= 0.6 is 0 Å². The molecule has 5 heteroatoms. The molecule has 1 aromatic heterocycles. The van der Waals surface area contributed by atoms with Gasteiger partial charge in [-0.05, 0) is 24.5 Å². The molecule has 0 aromatic carbocycles. The molecular weight excluding hydrogens is 254 g/mol. The maximum Gasteiger partial charge on any atom is 0.315 e. The van der Waals surface area contributed by atoms with Gasteiger partial charge in [0.15, 0.2) is 0 Å². The summed E-state index contributed by atoms with van der Waals surface area (Å²) < 4.78 is 0. The van der Waals surface area contributed by atoms with Gasteiger partial charge in [0, 0.05) is 12.7 Å². The molecule has 0 saturated carbocycles. The number of nitrogens with one attached hydrogen (secondary N) is 2. The van der Waals surface area contributed by atoms with Crippen LogP contribution in [0.4, 0.5) is 4.79 Å². The molecule has 5 nitrogen and oxygen atoms in total. The normalized spacial score (nSPS) is 12.2. The summed E-state index contributed by atoms with van der Waals surface area (Å²) >= 11 is 0. The van der Waals surface area contributed by atoms with Crippen LogP contribution in [0.25, 0.3) is 0 Å². The second-order valence-electron chi connectivity index (χ2n) is 4.97. The molecule has 1 atom stereocenters. The molecule has 1 aromatic rings. The molecule has 3 N–H and O–H groups in total. The van der Waals surface area contributed by atoms with E-state index in [0.29, 0.717) is 6.54 Å². The molecule has 1 heterocycles. The van der Waals surface area contributed by atoms with Gasteiger partial charge in [-0.2, -0.15) is 0 Å². The van der Waals surface area contributed by atoms with Crippen molar-refractivity contribution in [3.63, 3.8) is 0 Å². The number of aromatic nitrogens is 1. The summed E-state index contributed by atoms with van der Waals surface area (Å²) in [5.74, 6) is 0.230. The molecule has 0 aliphatic rings. The molecule has 1 unspecified atom stereocenters. The summed E-state index contributed by atoms with van der Waals surface area (Å²) in [5, 5.41) is 15.4. The van der Waals surface area contributed by atoms with Crippen molar-refractivity contribution in [2.24, 2.45) is 5.92 Å². The van der Waals surface area contributed by atoms with Crippen LogP contribution in [0, 0.1) is 12.8 Å². The van der Waals surface area contributed by atoms with Crippen molar-refractivity contribution in [1.82, 2.24) is 15.6 Å². The highest BCUT2D eigenvalue weighted by molar-refractivity contribution is 5.73. The highest BCUT2D eigenvalue weighted by Gasteiger charge is 2.16. The molecule has 0 spiro atoms. The number of amides is 2. The first kappa shape index (κ1) is 16.4. The summed E-state index contributed by atoms with van der Waals surface area (Å²) in [4.78, 5) is 15.9. The molecule has 0 saturated heterocycles. The number of pyridine rings is 1. The van der Waals surface area contributed by atoms with E-state index >= 15 is 0 Å². The van der Waals surface area contributed by atoms with E-state index in [9.17, 15) is 9.90 Å².